The number of phenolic OH excluding ortho intramolecular Hbond substituents is 1. The quantitative estimate of drug-likeness (QED) is 0.410. The molecule has 11 heteroatoms. The summed E-state index contributed by atoms with van der Waals surface area (Å²) in [5.74, 6) is -4.73. The Bertz CT molecular complexity index is 1560. The van der Waals surface area contributed by atoms with Crippen molar-refractivity contribution in [2.75, 3.05) is 7.11 Å². The van der Waals surface area contributed by atoms with Crippen LogP contribution in [0.15, 0.2) is 55.7 Å². The third-order valence-electron chi connectivity index (χ3n) is 7.10. The van der Waals surface area contributed by atoms with E-state index in [1.165, 1.54) is 7.11 Å². The van der Waals surface area contributed by atoms with Crippen molar-refractivity contribution >= 4 is 22.3 Å². The molecule has 11 nitrogen and oxygen atoms in total. The lowest BCUT2D eigenvalue weighted by Crippen LogP contribution is -2.48. The van der Waals surface area contributed by atoms with Crippen molar-refractivity contribution in [3.63, 3.8) is 0 Å². The average Bonchev–Trinajstić information content (AvgIpc) is 3.11. The lowest BCUT2D eigenvalue weighted by molar-refractivity contribution is -0.225. The van der Waals surface area contributed by atoms with E-state index in [0.717, 1.165) is 6.08 Å². The number of ketones is 2. The highest BCUT2D eigenvalue weighted by atomic mass is 16.7. The van der Waals surface area contributed by atoms with E-state index in [1.54, 1.807) is 19.1 Å². The van der Waals surface area contributed by atoms with Crippen LogP contribution < -0.4 is 10.4 Å². The molecule has 2 aliphatic carbocycles. The molecule has 1 fully saturated rings. The van der Waals surface area contributed by atoms with Gasteiger partial charge in [0.2, 0.25) is 11.6 Å². The fourth-order valence-electron chi connectivity index (χ4n) is 5.45. The Morgan fingerprint density at radius 2 is 1.89 bits per heavy atom. The Kier molecular flexibility index (Phi) is 4.56. The number of benzene rings is 1. The molecule has 4 atom stereocenters. The molecule has 0 unspecified atom stereocenters. The summed E-state index contributed by atoms with van der Waals surface area (Å²) >= 11 is 0. The fraction of sp³-hybridized carbons (Fsp3) is 0.320. The predicted molar refractivity (Wildman–Crippen MR) is 119 cm³/mol. The molecule has 36 heavy (non-hydrogen) atoms. The zero-order valence-electron chi connectivity index (χ0n) is 19.0. The van der Waals surface area contributed by atoms with Crippen molar-refractivity contribution in [3.8, 4) is 11.5 Å². The fourth-order valence-corrected chi connectivity index (χ4v) is 5.45. The van der Waals surface area contributed by atoms with Gasteiger partial charge in [0.1, 0.15) is 35.2 Å². The Labute approximate surface area is 202 Å². The maximum atomic E-state index is 12.8. The molecule has 1 saturated heterocycles. The van der Waals surface area contributed by atoms with E-state index in [4.69, 9.17) is 18.6 Å². The van der Waals surface area contributed by atoms with E-state index >= 15 is 0 Å². The number of ether oxygens (including phenoxy) is 3. The van der Waals surface area contributed by atoms with Gasteiger partial charge in [-0.2, -0.15) is 0 Å². The normalized spacial score (nSPS) is 29.2. The summed E-state index contributed by atoms with van der Waals surface area (Å²) in [6.45, 7) is 1.60. The summed E-state index contributed by atoms with van der Waals surface area (Å²) in [6.07, 6.45) is -3.68. The van der Waals surface area contributed by atoms with Crippen LogP contribution in [0.4, 0.5) is 0 Å². The van der Waals surface area contributed by atoms with Crippen LogP contribution in [0.1, 0.15) is 17.7 Å². The standard InChI is InChI=1S/C25H20O11/c1-8-5-10-6-9-3-4-25(35-21(9)19(29)13(10)24(32)34-8)23(31)16-18(28)14-11(26)7-12(33-2)17(27)15(14)20(30)22(16)36-25/h5-7,20,22-23,28-31H,3-4H2,1-2H3/t20-,22-,23+,25+/m1/s1. The number of aliphatic hydroxyl groups is 3. The smallest absolute Gasteiger partial charge is 0.347 e. The third kappa shape index (κ3) is 2.75. The average molecular weight is 496 g/mol. The molecule has 1 aromatic carbocycles. The molecule has 4 aliphatic rings. The first-order valence-electron chi connectivity index (χ1n) is 11.1. The zero-order valence-corrected chi connectivity index (χ0v) is 19.0. The minimum Gasteiger partial charge on any atom is -0.507 e. The number of aryl methyl sites for hydroxylation is 2. The second-order valence-corrected chi connectivity index (χ2v) is 9.12. The summed E-state index contributed by atoms with van der Waals surface area (Å²) in [5, 5.41) is 44.5. The van der Waals surface area contributed by atoms with Crippen LogP contribution >= 0.6 is 0 Å². The van der Waals surface area contributed by atoms with Gasteiger partial charge in [0.25, 0.3) is 0 Å². The molecule has 0 radical (unpaired) electrons. The third-order valence-corrected chi connectivity index (χ3v) is 7.10. The zero-order chi connectivity index (χ0) is 25.7. The number of carbonyl (C=O) groups excluding carboxylic acids is 2. The largest absolute Gasteiger partial charge is 0.507 e. The molecule has 1 aromatic heterocycles. The van der Waals surface area contributed by atoms with Crippen LogP contribution in [-0.4, -0.2) is 63.2 Å². The SMILES string of the molecule is COC1=CC(=O)C2=C(C1=O)[C@@H](O)[C@@H]1O[C@@]3(CCc4cc5cc(C)oc(=O)c5c(O)c4O3)[C@@H](O)C1=C2O. The molecular formula is C25H20O11. The lowest BCUT2D eigenvalue weighted by Gasteiger charge is -2.37. The van der Waals surface area contributed by atoms with E-state index in [9.17, 15) is 34.8 Å². The highest BCUT2D eigenvalue weighted by Gasteiger charge is 2.61. The molecule has 186 valence electrons. The van der Waals surface area contributed by atoms with Gasteiger partial charge in [-0.25, -0.2) is 4.79 Å². The van der Waals surface area contributed by atoms with Crippen LogP contribution in [0.5, 0.6) is 11.5 Å². The summed E-state index contributed by atoms with van der Waals surface area (Å²) in [5.41, 5.74) is -1.32. The van der Waals surface area contributed by atoms with Crippen LogP contribution in [-0.2, 0) is 25.5 Å². The van der Waals surface area contributed by atoms with E-state index in [2.05, 4.69) is 0 Å². The van der Waals surface area contributed by atoms with Crippen molar-refractivity contribution in [1.82, 2.24) is 0 Å². The van der Waals surface area contributed by atoms with Crippen molar-refractivity contribution in [3.05, 3.63) is 68.2 Å². The molecule has 3 heterocycles. The minimum atomic E-state index is -1.89. The van der Waals surface area contributed by atoms with Crippen LogP contribution in [0.25, 0.3) is 10.8 Å². The molecule has 0 bridgehead atoms. The van der Waals surface area contributed by atoms with Gasteiger partial charge in [-0.15, -0.1) is 0 Å². The van der Waals surface area contributed by atoms with Crippen LogP contribution in [0.3, 0.4) is 0 Å². The van der Waals surface area contributed by atoms with E-state index in [1.807, 2.05) is 0 Å². The first-order valence-corrected chi connectivity index (χ1v) is 11.1. The van der Waals surface area contributed by atoms with Crippen LogP contribution in [0.2, 0.25) is 0 Å². The molecular weight excluding hydrogens is 476 g/mol. The number of carbonyl (C=O) groups is 2. The lowest BCUT2D eigenvalue weighted by atomic mass is 9.78. The van der Waals surface area contributed by atoms with Gasteiger partial charge < -0.3 is 39.1 Å². The number of phenols is 1. The molecule has 4 N–H and O–H groups in total. The maximum Gasteiger partial charge on any atom is 0.347 e. The highest BCUT2D eigenvalue weighted by molar-refractivity contribution is 6.24. The molecule has 2 aromatic rings. The van der Waals surface area contributed by atoms with Crippen molar-refractivity contribution in [1.29, 1.82) is 0 Å². The van der Waals surface area contributed by atoms with Gasteiger partial charge in [-0.05, 0) is 36.4 Å². The van der Waals surface area contributed by atoms with E-state index in [0.29, 0.717) is 16.7 Å². The molecule has 0 saturated carbocycles. The van der Waals surface area contributed by atoms with Gasteiger partial charge in [0, 0.05) is 23.6 Å². The number of hydrogen-bond donors (Lipinski definition) is 4. The summed E-state index contributed by atoms with van der Waals surface area (Å²) in [7, 11) is 1.19. The Hall–Kier alpha value is -3.93. The monoisotopic (exact) mass is 496 g/mol. The number of methoxy groups -OCH3 is 1. The Morgan fingerprint density at radius 3 is 2.61 bits per heavy atom. The van der Waals surface area contributed by atoms with Crippen molar-refractivity contribution in [2.24, 2.45) is 0 Å². The number of hydrogen-bond acceptors (Lipinski definition) is 11. The predicted octanol–water partition coefficient (Wildman–Crippen LogP) is 0.753. The number of aromatic hydroxyl groups is 1. The van der Waals surface area contributed by atoms with Gasteiger partial charge in [-0.1, -0.05) is 0 Å². The maximum absolute atomic E-state index is 12.8. The number of allylic oxidation sites excluding steroid dienone is 3. The van der Waals surface area contributed by atoms with Crippen LogP contribution in [0, 0.1) is 6.92 Å². The van der Waals surface area contributed by atoms with E-state index in [-0.39, 0.29) is 35.3 Å². The number of Topliss-reactive ketones (excluding diaryl/α,β-unsaturated/α-hetero) is 1. The second-order valence-electron chi connectivity index (χ2n) is 9.12. The summed E-state index contributed by atoms with van der Waals surface area (Å²) in [4.78, 5) is 37.9. The van der Waals surface area contributed by atoms with Gasteiger partial charge in [0.05, 0.1) is 12.7 Å². The molecule has 1 spiro atoms. The van der Waals surface area contributed by atoms with E-state index < -0.39 is 63.9 Å². The second kappa shape index (κ2) is 7.29. The topological polar surface area (TPSA) is 173 Å². The van der Waals surface area contributed by atoms with Gasteiger partial charge >= 0.3 is 5.63 Å². The first kappa shape index (κ1) is 22.5. The highest BCUT2D eigenvalue weighted by Crippen LogP contribution is 2.52. The van der Waals surface area contributed by atoms with Crippen molar-refractivity contribution < 1.29 is 48.6 Å². The number of fused-ring (bicyclic) bond motifs is 3. The minimum absolute atomic E-state index is 0.0284. The summed E-state index contributed by atoms with van der Waals surface area (Å²) < 4.78 is 21.9. The number of rotatable bonds is 1. The summed E-state index contributed by atoms with van der Waals surface area (Å²) in [6, 6.07) is 3.26. The molecule has 2 aliphatic heterocycles. The van der Waals surface area contributed by atoms with Gasteiger partial charge in [-0.3, -0.25) is 9.59 Å². The first-order chi connectivity index (χ1) is 17.1. The molecule has 0 amide bonds. The molecule has 6 rings (SSSR count). The Morgan fingerprint density at radius 1 is 1.14 bits per heavy atom. The van der Waals surface area contributed by atoms with Gasteiger partial charge in [0.15, 0.2) is 23.0 Å². The van der Waals surface area contributed by atoms with Crippen molar-refractivity contribution in [2.45, 2.75) is 43.9 Å². The Balaban J connectivity index is 1.45. The number of aliphatic hydroxyl groups excluding tert-OH is 3.